The Morgan fingerprint density at radius 3 is 2.92 bits per heavy atom. The van der Waals surface area contributed by atoms with E-state index < -0.39 is 0 Å². The van der Waals surface area contributed by atoms with Crippen LogP contribution in [0.15, 0.2) is 12.1 Å². The van der Waals surface area contributed by atoms with Crippen LogP contribution in [0.4, 0.5) is 0 Å². The average molecular weight is 200 g/mol. The largest absolute Gasteiger partial charge is 0.475 e. The van der Waals surface area contributed by atoms with Gasteiger partial charge in [-0.25, -0.2) is 0 Å². The number of hydrogen-bond acceptors (Lipinski definition) is 4. The van der Waals surface area contributed by atoms with Gasteiger partial charge in [-0.05, 0) is 19.0 Å². The predicted molar refractivity (Wildman–Crippen MR) is 48.9 cm³/mol. The molecule has 0 aliphatic carbocycles. The molecule has 1 aromatic rings. The lowest BCUT2D eigenvalue weighted by Gasteiger charge is -2.26. The van der Waals surface area contributed by atoms with Gasteiger partial charge in [0.15, 0.2) is 5.15 Å². The van der Waals surface area contributed by atoms with Gasteiger partial charge in [-0.3, -0.25) is 0 Å². The molecule has 0 bridgehead atoms. The molecule has 0 radical (unpaired) electrons. The van der Waals surface area contributed by atoms with E-state index in [-0.39, 0.29) is 0 Å². The van der Waals surface area contributed by atoms with Crippen molar-refractivity contribution in [2.24, 2.45) is 0 Å². The van der Waals surface area contributed by atoms with Gasteiger partial charge in [0.05, 0.1) is 0 Å². The van der Waals surface area contributed by atoms with Crippen molar-refractivity contribution in [3.63, 3.8) is 0 Å². The second-order valence-corrected chi connectivity index (χ2v) is 3.33. The van der Waals surface area contributed by atoms with Crippen LogP contribution in [0.1, 0.15) is 6.42 Å². The van der Waals surface area contributed by atoms with Crippen molar-refractivity contribution >= 4 is 11.6 Å². The monoisotopic (exact) mass is 199 g/mol. The zero-order chi connectivity index (χ0) is 9.10. The number of halogens is 1. The zero-order valence-electron chi connectivity index (χ0n) is 7.03. The molecule has 13 heavy (non-hydrogen) atoms. The number of nitrogens with one attached hydrogen (secondary N) is 1. The van der Waals surface area contributed by atoms with Crippen LogP contribution in [0.25, 0.3) is 0 Å². The second-order valence-electron chi connectivity index (χ2n) is 2.95. The summed E-state index contributed by atoms with van der Waals surface area (Å²) in [5, 5.41) is 11.1. The quantitative estimate of drug-likeness (QED) is 0.785. The fourth-order valence-electron chi connectivity index (χ4n) is 1.06. The SMILES string of the molecule is Clc1ccc(OCC2CCN2)nn1. The molecule has 1 fully saturated rings. The first-order chi connectivity index (χ1) is 6.34. The molecule has 1 N–H and O–H groups in total. The van der Waals surface area contributed by atoms with Gasteiger partial charge in [0.2, 0.25) is 5.88 Å². The van der Waals surface area contributed by atoms with Gasteiger partial charge in [-0.15, -0.1) is 10.2 Å². The fourth-order valence-corrected chi connectivity index (χ4v) is 1.16. The number of hydrogen-bond donors (Lipinski definition) is 1. The third-order valence-electron chi connectivity index (χ3n) is 1.97. The number of rotatable bonds is 3. The van der Waals surface area contributed by atoms with E-state index in [0.717, 1.165) is 6.54 Å². The van der Waals surface area contributed by atoms with Crippen LogP contribution in [0.5, 0.6) is 5.88 Å². The lowest BCUT2D eigenvalue weighted by molar-refractivity contribution is 0.209. The first-order valence-corrected chi connectivity index (χ1v) is 4.58. The van der Waals surface area contributed by atoms with Crippen LogP contribution in [0.3, 0.4) is 0 Å². The highest BCUT2D eigenvalue weighted by molar-refractivity contribution is 6.29. The average Bonchev–Trinajstić information content (AvgIpc) is 2.05. The first kappa shape index (κ1) is 8.72. The lowest BCUT2D eigenvalue weighted by atomic mass is 10.1. The summed E-state index contributed by atoms with van der Waals surface area (Å²) in [5.41, 5.74) is 0. The predicted octanol–water partition coefficient (Wildman–Crippen LogP) is 0.871. The Morgan fingerprint density at radius 1 is 1.54 bits per heavy atom. The van der Waals surface area contributed by atoms with Gasteiger partial charge < -0.3 is 10.1 Å². The molecule has 2 rings (SSSR count). The minimum absolute atomic E-state index is 0.383. The zero-order valence-corrected chi connectivity index (χ0v) is 7.79. The molecule has 1 aliphatic rings. The van der Waals surface area contributed by atoms with Crippen molar-refractivity contribution in [2.75, 3.05) is 13.2 Å². The molecule has 2 heterocycles. The standard InChI is InChI=1S/C8H10ClN3O/c9-7-1-2-8(12-11-7)13-5-6-3-4-10-6/h1-2,6,10H,3-5H2. The molecule has 1 saturated heterocycles. The van der Waals surface area contributed by atoms with Gasteiger partial charge in [-0.2, -0.15) is 0 Å². The molecular weight excluding hydrogens is 190 g/mol. The van der Waals surface area contributed by atoms with E-state index in [1.165, 1.54) is 6.42 Å². The lowest BCUT2D eigenvalue weighted by Crippen LogP contribution is -2.46. The molecule has 0 aromatic carbocycles. The third kappa shape index (κ3) is 2.29. The van der Waals surface area contributed by atoms with Crippen LogP contribution >= 0.6 is 11.6 Å². The molecule has 1 unspecified atom stereocenters. The van der Waals surface area contributed by atoms with Crippen molar-refractivity contribution in [2.45, 2.75) is 12.5 Å². The third-order valence-corrected chi connectivity index (χ3v) is 2.17. The normalized spacial score (nSPS) is 20.8. The Balaban J connectivity index is 1.83. The maximum absolute atomic E-state index is 5.57. The van der Waals surface area contributed by atoms with Gasteiger partial charge >= 0.3 is 0 Å². The van der Waals surface area contributed by atoms with E-state index in [2.05, 4.69) is 15.5 Å². The van der Waals surface area contributed by atoms with E-state index in [4.69, 9.17) is 16.3 Å². The maximum atomic E-state index is 5.57. The van der Waals surface area contributed by atoms with Gasteiger partial charge in [0.25, 0.3) is 0 Å². The van der Waals surface area contributed by atoms with Gasteiger partial charge in [0, 0.05) is 12.1 Å². The van der Waals surface area contributed by atoms with Crippen molar-refractivity contribution in [1.29, 1.82) is 0 Å². The first-order valence-electron chi connectivity index (χ1n) is 4.20. The van der Waals surface area contributed by atoms with E-state index in [9.17, 15) is 0 Å². The Morgan fingerprint density at radius 2 is 2.38 bits per heavy atom. The molecule has 1 atom stereocenters. The molecule has 0 saturated carbocycles. The Labute approximate surface area is 81.3 Å². The Bertz CT molecular complexity index is 273. The number of aromatic nitrogens is 2. The topological polar surface area (TPSA) is 47.0 Å². The van der Waals surface area contributed by atoms with Crippen molar-refractivity contribution in [1.82, 2.24) is 15.5 Å². The van der Waals surface area contributed by atoms with Gasteiger partial charge in [-0.1, -0.05) is 11.6 Å². The van der Waals surface area contributed by atoms with Crippen LogP contribution < -0.4 is 10.1 Å². The Kier molecular flexibility index (Phi) is 2.61. The summed E-state index contributed by atoms with van der Waals surface area (Å²) >= 11 is 5.57. The van der Waals surface area contributed by atoms with Crippen LogP contribution in [0, 0.1) is 0 Å². The molecule has 1 aliphatic heterocycles. The Hall–Kier alpha value is -0.870. The maximum Gasteiger partial charge on any atom is 0.233 e. The summed E-state index contributed by atoms with van der Waals surface area (Å²) in [7, 11) is 0. The van der Waals surface area contributed by atoms with Crippen molar-refractivity contribution in [3.8, 4) is 5.88 Å². The van der Waals surface area contributed by atoms with E-state index >= 15 is 0 Å². The number of ether oxygens (including phenoxy) is 1. The molecule has 1 aromatic heterocycles. The fraction of sp³-hybridized carbons (Fsp3) is 0.500. The summed E-state index contributed by atoms with van der Waals surface area (Å²) in [6.07, 6.45) is 1.17. The molecule has 70 valence electrons. The molecule has 0 spiro atoms. The number of nitrogens with zero attached hydrogens (tertiary/aromatic N) is 2. The summed E-state index contributed by atoms with van der Waals surface area (Å²) in [5.74, 6) is 0.526. The molecule has 4 nitrogen and oxygen atoms in total. The van der Waals surface area contributed by atoms with E-state index in [1.54, 1.807) is 12.1 Å². The highest BCUT2D eigenvalue weighted by atomic mass is 35.5. The van der Waals surface area contributed by atoms with Gasteiger partial charge in [0.1, 0.15) is 6.61 Å². The second kappa shape index (κ2) is 3.89. The highest BCUT2D eigenvalue weighted by Gasteiger charge is 2.16. The summed E-state index contributed by atoms with van der Waals surface area (Å²) in [6, 6.07) is 3.85. The molecule has 0 amide bonds. The minimum Gasteiger partial charge on any atom is -0.475 e. The summed E-state index contributed by atoms with van der Waals surface area (Å²) in [4.78, 5) is 0. The van der Waals surface area contributed by atoms with Crippen LogP contribution in [-0.2, 0) is 0 Å². The summed E-state index contributed by atoms with van der Waals surface area (Å²) in [6.45, 7) is 1.73. The molecule has 5 heteroatoms. The van der Waals surface area contributed by atoms with E-state index in [0.29, 0.717) is 23.7 Å². The van der Waals surface area contributed by atoms with Crippen molar-refractivity contribution in [3.05, 3.63) is 17.3 Å². The molecular formula is C8H10ClN3O. The highest BCUT2D eigenvalue weighted by Crippen LogP contribution is 2.10. The summed E-state index contributed by atoms with van der Waals surface area (Å²) < 4.78 is 5.37. The smallest absolute Gasteiger partial charge is 0.233 e. The van der Waals surface area contributed by atoms with Crippen molar-refractivity contribution < 1.29 is 4.74 Å². The van der Waals surface area contributed by atoms with Crippen LogP contribution in [-0.4, -0.2) is 29.4 Å². The minimum atomic E-state index is 0.383. The van der Waals surface area contributed by atoms with Crippen LogP contribution in [0.2, 0.25) is 5.15 Å². The van der Waals surface area contributed by atoms with E-state index in [1.807, 2.05) is 0 Å².